The van der Waals surface area contributed by atoms with Gasteiger partial charge in [-0.3, -0.25) is 0 Å². The van der Waals surface area contributed by atoms with Crippen molar-refractivity contribution >= 4 is 7.85 Å². The Morgan fingerprint density at radius 2 is 2.29 bits per heavy atom. The first-order valence-electron chi connectivity index (χ1n) is 4.60. The van der Waals surface area contributed by atoms with Gasteiger partial charge < -0.3 is 14.6 Å². The second-order valence-electron chi connectivity index (χ2n) is 3.59. The fourth-order valence-corrected chi connectivity index (χ4v) is 1.46. The summed E-state index contributed by atoms with van der Waals surface area (Å²) in [6.07, 6.45) is -2.16. The fourth-order valence-electron chi connectivity index (χ4n) is 1.46. The number of hydrogen-bond donors (Lipinski definition) is 1. The van der Waals surface area contributed by atoms with Crippen LogP contribution in [0, 0.1) is 4.91 Å². The van der Waals surface area contributed by atoms with Gasteiger partial charge in [-0.25, -0.2) is 0 Å². The molecule has 1 fully saturated rings. The van der Waals surface area contributed by atoms with Gasteiger partial charge in [0.05, 0.1) is 6.10 Å². The average molecular weight is 199 g/mol. The summed E-state index contributed by atoms with van der Waals surface area (Å²) < 4.78 is 10.5. The molecule has 0 aromatic rings. The van der Waals surface area contributed by atoms with Crippen LogP contribution in [0.4, 0.5) is 0 Å². The van der Waals surface area contributed by atoms with Crippen LogP contribution >= 0.6 is 0 Å². The van der Waals surface area contributed by atoms with E-state index in [0.717, 1.165) is 0 Å². The molecule has 6 heteroatoms. The van der Waals surface area contributed by atoms with Gasteiger partial charge in [-0.15, -0.1) is 0 Å². The smallest absolute Gasteiger partial charge is 0.112 e. The van der Waals surface area contributed by atoms with Gasteiger partial charge >= 0.3 is 0 Å². The van der Waals surface area contributed by atoms with Crippen molar-refractivity contribution in [1.82, 2.24) is 0 Å². The molecule has 2 radical (unpaired) electrons. The summed E-state index contributed by atoms with van der Waals surface area (Å²) in [6, 6.07) is -0.695. The predicted octanol–water partition coefficient (Wildman–Crippen LogP) is -0.199. The van der Waals surface area contributed by atoms with Gasteiger partial charge in [0, 0.05) is 6.00 Å². The highest BCUT2D eigenvalue weighted by Crippen LogP contribution is 2.23. The fraction of sp³-hybridized carbons (Fsp3) is 1.00. The van der Waals surface area contributed by atoms with Gasteiger partial charge in [0.1, 0.15) is 32.7 Å². The Bertz CT molecular complexity index is 202. The van der Waals surface area contributed by atoms with E-state index in [2.05, 4.69) is 5.18 Å². The molecule has 0 aromatic carbocycles. The predicted molar refractivity (Wildman–Crippen MR) is 51.1 cm³/mol. The normalized spacial score (nSPS) is 37.7. The van der Waals surface area contributed by atoms with Gasteiger partial charge in [-0.1, -0.05) is 5.18 Å². The lowest BCUT2D eigenvalue weighted by atomic mass is 9.92. The molecule has 1 aliphatic heterocycles. The maximum Gasteiger partial charge on any atom is 0.112 e. The second-order valence-corrected chi connectivity index (χ2v) is 3.59. The molecule has 78 valence electrons. The number of ether oxygens (including phenoxy) is 2. The van der Waals surface area contributed by atoms with Crippen LogP contribution in [0.15, 0.2) is 5.18 Å². The molecule has 4 atom stereocenters. The largest absolute Gasteiger partial charge is 0.388 e. The van der Waals surface area contributed by atoms with E-state index >= 15 is 0 Å². The minimum Gasteiger partial charge on any atom is -0.388 e. The van der Waals surface area contributed by atoms with Crippen molar-refractivity contribution in [3.8, 4) is 0 Å². The summed E-state index contributed by atoms with van der Waals surface area (Å²) in [6.45, 7) is 3.57. The van der Waals surface area contributed by atoms with Crippen molar-refractivity contribution in [2.75, 3.05) is 6.54 Å². The summed E-state index contributed by atoms with van der Waals surface area (Å²) in [5.74, 6) is 0. The molecule has 1 heterocycles. The molecule has 5 nitrogen and oxygen atoms in total. The summed E-state index contributed by atoms with van der Waals surface area (Å²) in [5, 5.41) is 12.3. The van der Waals surface area contributed by atoms with Crippen molar-refractivity contribution in [3.05, 3.63) is 4.91 Å². The number of aliphatic hydroxyl groups is 1. The van der Waals surface area contributed by atoms with Crippen molar-refractivity contribution in [2.24, 2.45) is 5.18 Å². The molecule has 0 saturated carbocycles. The number of rotatable bonds is 4. The number of hydrogen-bond acceptors (Lipinski definition) is 5. The minimum atomic E-state index is -0.884. The third-order valence-electron chi connectivity index (χ3n) is 2.06. The van der Waals surface area contributed by atoms with Gasteiger partial charge in [0.15, 0.2) is 0 Å². The third-order valence-corrected chi connectivity index (χ3v) is 2.06. The summed E-state index contributed by atoms with van der Waals surface area (Å²) in [4.78, 5) is 10.0. The van der Waals surface area contributed by atoms with Crippen molar-refractivity contribution in [3.63, 3.8) is 0 Å². The molecule has 0 bridgehead atoms. The van der Waals surface area contributed by atoms with E-state index in [0.29, 0.717) is 0 Å². The van der Waals surface area contributed by atoms with Crippen LogP contribution in [0.25, 0.3) is 0 Å². The van der Waals surface area contributed by atoms with Gasteiger partial charge in [0.2, 0.25) is 0 Å². The summed E-state index contributed by atoms with van der Waals surface area (Å²) in [7, 11) is 5.59. The van der Waals surface area contributed by atoms with Crippen LogP contribution in [0.2, 0.25) is 0 Å². The van der Waals surface area contributed by atoms with Crippen LogP contribution in [0.5, 0.6) is 0 Å². The summed E-state index contributed by atoms with van der Waals surface area (Å²) >= 11 is 0. The second kappa shape index (κ2) is 4.86. The van der Waals surface area contributed by atoms with E-state index in [-0.39, 0.29) is 12.6 Å². The SMILES string of the molecule is [B]C1OC(CN=O)C(O)C1OC(C)C. The number of nitroso groups, excluding NO2 is 1. The van der Waals surface area contributed by atoms with E-state index in [4.69, 9.17) is 17.3 Å². The molecule has 0 aromatic heterocycles. The van der Waals surface area contributed by atoms with Crippen LogP contribution in [0.3, 0.4) is 0 Å². The van der Waals surface area contributed by atoms with E-state index in [1.807, 2.05) is 13.8 Å². The Morgan fingerprint density at radius 1 is 1.64 bits per heavy atom. The molecule has 14 heavy (non-hydrogen) atoms. The molecule has 1 aliphatic rings. The van der Waals surface area contributed by atoms with Crippen LogP contribution in [-0.2, 0) is 9.47 Å². The molecule has 0 spiro atoms. The lowest BCUT2D eigenvalue weighted by molar-refractivity contribution is -0.0508. The molecule has 1 rings (SSSR count). The lowest BCUT2D eigenvalue weighted by Gasteiger charge is -2.21. The zero-order chi connectivity index (χ0) is 10.7. The Kier molecular flexibility index (Phi) is 4.03. The highest BCUT2D eigenvalue weighted by Gasteiger charge is 2.42. The molecule has 1 N–H and O–H groups in total. The molecular formula is C8H14BNO4. The van der Waals surface area contributed by atoms with Crippen LogP contribution in [0.1, 0.15) is 13.8 Å². The zero-order valence-corrected chi connectivity index (χ0v) is 8.29. The van der Waals surface area contributed by atoms with Gasteiger partial charge in [-0.2, -0.15) is 4.91 Å². The first kappa shape index (κ1) is 11.6. The van der Waals surface area contributed by atoms with Crippen LogP contribution in [-0.4, -0.2) is 49.9 Å². The Labute approximate surface area is 84.2 Å². The molecule has 0 amide bonds. The highest BCUT2D eigenvalue weighted by molar-refractivity contribution is 6.11. The minimum absolute atomic E-state index is 0.0489. The van der Waals surface area contributed by atoms with Gasteiger partial charge in [0.25, 0.3) is 0 Å². The Balaban J connectivity index is 2.55. The van der Waals surface area contributed by atoms with Crippen LogP contribution < -0.4 is 0 Å². The average Bonchev–Trinajstić information content (AvgIpc) is 2.33. The van der Waals surface area contributed by atoms with E-state index < -0.39 is 24.3 Å². The van der Waals surface area contributed by atoms with E-state index in [1.54, 1.807) is 0 Å². The monoisotopic (exact) mass is 199 g/mol. The first-order valence-corrected chi connectivity index (χ1v) is 4.60. The standard InChI is InChI=1S/C8H14BNO4/c1-4(2)13-7-6(11)5(3-10-12)14-8(7)9/h4-8,11H,3H2,1-2H3. The molecule has 1 saturated heterocycles. The molecular weight excluding hydrogens is 185 g/mol. The van der Waals surface area contributed by atoms with Crippen molar-refractivity contribution in [1.29, 1.82) is 0 Å². The molecule has 0 aliphatic carbocycles. The van der Waals surface area contributed by atoms with Crippen molar-refractivity contribution in [2.45, 2.75) is 44.3 Å². The highest BCUT2D eigenvalue weighted by atomic mass is 16.6. The van der Waals surface area contributed by atoms with Gasteiger partial charge in [-0.05, 0) is 13.8 Å². The van der Waals surface area contributed by atoms with E-state index in [9.17, 15) is 10.0 Å². The Morgan fingerprint density at radius 3 is 2.79 bits per heavy atom. The molecule has 4 unspecified atom stereocenters. The number of aliphatic hydroxyl groups excluding tert-OH is 1. The topological polar surface area (TPSA) is 68.1 Å². The Hall–Kier alpha value is -0.455. The van der Waals surface area contributed by atoms with E-state index in [1.165, 1.54) is 0 Å². The third kappa shape index (κ3) is 2.53. The summed E-state index contributed by atoms with van der Waals surface area (Å²) in [5.41, 5.74) is 0. The first-order chi connectivity index (χ1) is 6.56. The number of nitrogens with zero attached hydrogens (tertiary/aromatic N) is 1. The maximum absolute atomic E-state index is 10.0. The zero-order valence-electron chi connectivity index (χ0n) is 8.29. The quantitative estimate of drug-likeness (QED) is 0.502. The van der Waals surface area contributed by atoms with Crippen molar-refractivity contribution < 1.29 is 14.6 Å². The lowest BCUT2D eigenvalue weighted by Crippen LogP contribution is -2.37. The maximum atomic E-state index is 10.0.